The maximum absolute atomic E-state index is 12.9. The zero-order chi connectivity index (χ0) is 24.6. The first kappa shape index (κ1) is 24.6. The first-order chi connectivity index (χ1) is 17.0. The Labute approximate surface area is 203 Å². The number of nitrogens with zero attached hydrogens (tertiary/aromatic N) is 4. The highest BCUT2D eigenvalue weighted by Crippen LogP contribution is 2.24. The number of anilines is 2. The van der Waals surface area contributed by atoms with Crippen LogP contribution in [-0.4, -0.2) is 53.6 Å². The summed E-state index contributed by atoms with van der Waals surface area (Å²) in [6.45, 7) is 6.44. The molecule has 184 valence electrons. The molecule has 1 aromatic carbocycles. The van der Waals surface area contributed by atoms with Crippen molar-refractivity contribution in [1.82, 2.24) is 25.9 Å². The van der Waals surface area contributed by atoms with E-state index in [-0.39, 0.29) is 18.0 Å². The fourth-order valence-corrected chi connectivity index (χ4v) is 3.85. The molecular weight excluding hydrogens is 452 g/mol. The van der Waals surface area contributed by atoms with Gasteiger partial charge in [0.15, 0.2) is 0 Å². The molecule has 1 saturated heterocycles. The molecule has 3 N–H and O–H groups in total. The second-order valence-corrected chi connectivity index (χ2v) is 8.21. The average Bonchev–Trinajstić information content (AvgIpc) is 2.89. The van der Waals surface area contributed by atoms with Crippen molar-refractivity contribution in [2.45, 2.75) is 19.8 Å². The number of aromatic nitrogens is 2. The van der Waals surface area contributed by atoms with Crippen LogP contribution < -0.4 is 21.2 Å². The Bertz CT molecular complexity index is 1100. The lowest BCUT2D eigenvalue weighted by Crippen LogP contribution is -2.56. The number of pyridine rings is 2. The van der Waals surface area contributed by atoms with E-state index < -0.39 is 6.43 Å². The number of alkyl halides is 2. The Morgan fingerprint density at radius 3 is 2.43 bits per heavy atom. The molecule has 8 nitrogen and oxygen atoms in total. The summed E-state index contributed by atoms with van der Waals surface area (Å²) in [4.78, 5) is 22.8. The summed E-state index contributed by atoms with van der Waals surface area (Å²) in [7, 11) is 0. The van der Waals surface area contributed by atoms with Crippen LogP contribution in [0.2, 0.25) is 0 Å². The van der Waals surface area contributed by atoms with Crippen molar-refractivity contribution >= 4 is 17.4 Å². The maximum atomic E-state index is 12.9. The highest BCUT2D eigenvalue weighted by molar-refractivity contribution is 5.91. The summed E-state index contributed by atoms with van der Waals surface area (Å²) in [5.74, 6) is 0.323. The number of hydrazine groups is 2. The average molecular weight is 482 g/mol. The molecule has 0 bridgehead atoms. The number of hydrogen-bond acceptors (Lipinski definition) is 7. The molecule has 4 rings (SSSR count). The van der Waals surface area contributed by atoms with Gasteiger partial charge in [-0.2, -0.15) is 5.53 Å². The van der Waals surface area contributed by atoms with Crippen LogP contribution in [-0.2, 0) is 11.2 Å². The molecule has 0 saturated carbocycles. The minimum Gasteiger partial charge on any atom is -0.368 e. The molecule has 0 aliphatic carbocycles. The highest BCUT2D eigenvalue weighted by atomic mass is 19.3. The van der Waals surface area contributed by atoms with Crippen molar-refractivity contribution in [3.05, 3.63) is 72.2 Å². The number of rotatable bonds is 9. The standard InChI is InChI=1S/C25H29F2N7O/c1-2-30-32-34-13-11-33(12-14-34)21-7-8-23(29-17-21)31-24(35)15-18-3-5-19(6-4-18)20-9-10-28-22(16-20)25(26)27/h3-10,16-17,25,30,32H,2,11-15H2,1H3,(H,29,31,35). The van der Waals surface area contributed by atoms with Crippen molar-refractivity contribution in [2.75, 3.05) is 42.9 Å². The SMILES string of the molecule is CCNNN1CCN(c2ccc(NC(=O)Cc3ccc(-c4ccnc(C(F)F)c4)cc3)nc2)CC1. The number of halogens is 2. The van der Waals surface area contributed by atoms with E-state index in [2.05, 4.69) is 36.2 Å². The van der Waals surface area contributed by atoms with Crippen LogP contribution >= 0.6 is 0 Å². The quantitative estimate of drug-likeness (QED) is 0.404. The second-order valence-electron chi connectivity index (χ2n) is 8.21. The number of carbonyl (C=O) groups excluding carboxylic acids is 1. The van der Waals surface area contributed by atoms with Crippen LogP contribution in [0.1, 0.15) is 24.6 Å². The Hall–Kier alpha value is -3.47. The van der Waals surface area contributed by atoms with Gasteiger partial charge in [-0.05, 0) is 41.0 Å². The van der Waals surface area contributed by atoms with Crippen LogP contribution in [0.3, 0.4) is 0 Å². The lowest BCUT2D eigenvalue weighted by atomic mass is 10.0. The van der Waals surface area contributed by atoms with Gasteiger partial charge in [-0.15, -0.1) is 0 Å². The van der Waals surface area contributed by atoms with E-state index in [1.54, 1.807) is 12.3 Å². The largest absolute Gasteiger partial charge is 0.368 e. The van der Waals surface area contributed by atoms with Gasteiger partial charge < -0.3 is 10.2 Å². The first-order valence-corrected chi connectivity index (χ1v) is 11.6. The number of piperazine rings is 1. The Morgan fingerprint density at radius 2 is 1.77 bits per heavy atom. The molecule has 1 amide bonds. The normalized spacial score (nSPS) is 14.3. The molecule has 10 heteroatoms. The molecule has 35 heavy (non-hydrogen) atoms. The summed E-state index contributed by atoms with van der Waals surface area (Å²) in [5, 5.41) is 4.98. The lowest BCUT2D eigenvalue weighted by molar-refractivity contribution is -0.115. The van der Waals surface area contributed by atoms with Gasteiger partial charge in [-0.1, -0.05) is 31.2 Å². The lowest BCUT2D eigenvalue weighted by Gasteiger charge is -2.35. The summed E-state index contributed by atoms with van der Waals surface area (Å²) in [5.41, 5.74) is 9.31. The molecule has 3 heterocycles. The van der Waals surface area contributed by atoms with E-state index in [0.29, 0.717) is 11.4 Å². The Kier molecular flexibility index (Phi) is 8.30. The van der Waals surface area contributed by atoms with E-state index >= 15 is 0 Å². The van der Waals surface area contributed by atoms with Crippen LogP contribution in [0.5, 0.6) is 0 Å². The summed E-state index contributed by atoms with van der Waals surface area (Å²) < 4.78 is 25.8. The molecule has 0 atom stereocenters. The third-order valence-corrected chi connectivity index (χ3v) is 5.73. The summed E-state index contributed by atoms with van der Waals surface area (Å²) in [6.07, 6.45) is 0.721. The highest BCUT2D eigenvalue weighted by Gasteiger charge is 2.17. The van der Waals surface area contributed by atoms with Crippen LogP contribution in [0.4, 0.5) is 20.3 Å². The number of hydrogen-bond donors (Lipinski definition) is 3. The van der Waals surface area contributed by atoms with Crippen LogP contribution in [0, 0.1) is 0 Å². The topological polar surface area (TPSA) is 85.4 Å². The molecule has 2 aromatic heterocycles. The second kappa shape index (κ2) is 11.8. The molecule has 0 radical (unpaired) electrons. The summed E-state index contributed by atoms with van der Waals surface area (Å²) >= 11 is 0. The summed E-state index contributed by atoms with van der Waals surface area (Å²) in [6, 6.07) is 14.1. The van der Waals surface area contributed by atoms with Crippen molar-refractivity contribution < 1.29 is 13.6 Å². The molecule has 3 aromatic rings. The molecule has 1 aliphatic rings. The van der Waals surface area contributed by atoms with Gasteiger partial charge in [-0.3, -0.25) is 9.78 Å². The zero-order valence-corrected chi connectivity index (χ0v) is 19.5. The molecule has 1 aliphatic heterocycles. The molecule has 0 spiro atoms. The van der Waals surface area contributed by atoms with Crippen molar-refractivity contribution in [3.8, 4) is 11.1 Å². The smallest absolute Gasteiger partial charge is 0.280 e. The number of nitrogens with one attached hydrogen (secondary N) is 3. The zero-order valence-electron chi connectivity index (χ0n) is 19.5. The molecule has 0 unspecified atom stereocenters. The monoisotopic (exact) mass is 481 g/mol. The van der Waals surface area contributed by atoms with E-state index in [1.165, 1.54) is 12.3 Å². The third-order valence-electron chi connectivity index (χ3n) is 5.73. The van der Waals surface area contributed by atoms with E-state index in [0.717, 1.165) is 49.5 Å². The Morgan fingerprint density at radius 1 is 1.00 bits per heavy atom. The molecule has 1 fully saturated rings. The van der Waals surface area contributed by atoms with E-state index in [1.807, 2.05) is 43.3 Å². The van der Waals surface area contributed by atoms with Gasteiger partial charge in [0.25, 0.3) is 6.43 Å². The van der Waals surface area contributed by atoms with E-state index in [9.17, 15) is 13.6 Å². The van der Waals surface area contributed by atoms with Crippen molar-refractivity contribution in [2.24, 2.45) is 0 Å². The maximum Gasteiger partial charge on any atom is 0.280 e. The van der Waals surface area contributed by atoms with Gasteiger partial charge in [-0.25, -0.2) is 24.2 Å². The number of benzene rings is 1. The number of carbonyl (C=O) groups is 1. The number of amides is 1. The van der Waals surface area contributed by atoms with Gasteiger partial charge in [0.05, 0.1) is 18.3 Å². The minimum absolute atomic E-state index is 0.176. The van der Waals surface area contributed by atoms with Crippen LogP contribution in [0.25, 0.3) is 11.1 Å². The third kappa shape index (κ3) is 6.78. The van der Waals surface area contributed by atoms with Gasteiger partial charge in [0.1, 0.15) is 11.5 Å². The van der Waals surface area contributed by atoms with Crippen LogP contribution in [0.15, 0.2) is 60.9 Å². The predicted molar refractivity (Wildman–Crippen MR) is 132 cm³/mol. The first-order valence-electron chi connectivity index (χ1n) is 11.6. The van der Waals surface area contributed by atoms with Gasteiger partial charge in [0, 0.05) is 38.9 Å². The predicted octanol–water partition coefficient (Wildman–Crippen LogP) is 3.41. The van der Waals surface area contributed by atoms with Gasteiger partial charge >= 0.3 is 0 Å². The van der Waals surface area contributed by atoms with Gasteiger partial charge in [0.2, 0.25) is 5.91 Å². The fraction of sp³-hybridized carbons (Fsp3) is 0.320. The van der Waals surface area contributed by atoms with Crippen molar-refractivity contribution in [3.63, 3.8) is 0 Å². The minimum atomic E-state index is -2.61. The van der Waals surface area contributed by atoms with Crippen molar-refractivity contribution in [1.29, 1.82) is 0 Å². The molecular formula is C25H29F2N7O. The van der Waals surface area contributed by atoms with E-state index in [4.69, 9.17) is 0 Å². The Balaban J connectivity index is 1.28. The fourth-order valence-electron chi connectivity index (χ4n) is 3.85.